The summed E-state index contributed by atoms with van der Waals surface area (Å²) in [7, 11) is 0. The third-order valence-electron chi connectivity index (χ3n) is 4.70. The number of hydrogen-bond acceptors (Lipinski definition) is 7. The number of carbonyl (C=O) groups is 1. The van der Waals surface area contributed by atoms with E-state index < -0.39 is 0 Å². The van der Waals surface area contributed by atoms with Crippen LogP contribution in [0.25, 0.3) is 0 Å². The van der Waals surface area contributed by atoms with Crippen LogP contribution in [0.5, 0.6) is 5.75 Å². The molecule has 8 nitrogen and oxygen atoms in total. The first-order valence-electron chi connectivity index (χ1n) is 9.55. The summed E-state index contributed by atoms with van der Waals surface area (Å²) in [6, 6.07) is 13.0. The predicted octanol–water partition coefficient (Wildman–Crippen LogP) is 3.87. The van der Waals surface area contributed by atoms with Crippen LogP contribution in [-0.2, 0) is 11.4 Å². The van der Waals surface area contributed by atoms with Crippen molar-refractivity contribution in [2.45, 2.75) is 26.4 Å². The lowest BCUT2D eigenvalue weighted by Crippen LogP contribution is -2.23. The van der Waals surface area contributed by atoms with Crippen molar-refractivity contribution in [1.29, 1.82) is 0 Å². The Bertz CT molecular complexity index is 1090. The molecule has 3 aromatic rings. The number of benzene rings is 2. The summed E-state index contributed by atoms with van der Waals surface area (Å²) in [5, 5.41) is 3.72. The van der Waals surface area contributed by atoms with E-state index >= 15 is 0 Å². The van der Waals surface area contributed by atoms with Crippen LogP contribution in [0.1, 0.15) is 24.2 Å². The number of nitrogens with zero attached hydrogens (tertiary/aromatic N) is 4. The van der Waals surface area contributed by atoms with Crippen molar-refractivity contribution in [3.8, 4) is 5.75 Å². The lowest BCUT2D eigenvalue weighted by Gasteiger charge is -2.16. The molecule has 2 heterocycles. The van der Waals surface area contributed by atoms with E-state index in [1.807, 2.05) is 43.3 Å². The molecule has 2 aromatic carbocycles. The van der Waals surface area contributed by atoms with Crippen LogP contribution in [0.4, 0.5) is 23.3 Å². The van der Waals surface area contributed by atoms with Gasteiger partial charge in [0.25, 0.3) is 0 Å². The van der Waals surface area contributed by atoms with Crippen molar-refractivity contribution in [3.05, 3.63) is 58.9 Å². The summed E-state index contributed by atoms with van der Waals surface area (Å²) >= 11 is 6.17. The maximum Gasteiger partial charge on any atom is 0.232 e. The van der Waals surface area contributed by atoms with E-state index in [1.165, 1.54) is 0 Å². The van der Waals surface area contributed by atoms with Gasteiger partial charge in [-0.2, -0.15) is 15.0 Å². The van der Waals surface area contributed by atoms with Crippen molar-refractivity contribution in [1.82, 2.24) is 15.0 Å². The van der Waals surface area contributed by atoms with Gasteiger partial charge in [-0.3, -0.25) is 4.79 Å². The zero-order valence-electron chi connectivity index (χ0n) is 16.4. The molecule has 0 unspecified atom stereocenters. The second-order valence-corrected chi connectivity index (χ2v) is 7.36. The molecule has 0 aliphatic carbocycles. The van der Waals surface area contributed by atoms with Crippen molar-refractivity contribution in [3.63, 3.8) is 0 Å². The molecule has 1 amide bonds. The van der Waals surface area contributed by atoms with Crippen LogP contribution in [0, 0.1) is 6.92 Å². The number of rotatable bonds is 6. The zero-order chi connectivity index (χ0) is 21.1. The highest BCUT2D eigenvalue weighted by Gasteiger charge is 2.21. The first-order valence-corrected chi connectivity index (χ1v) is 9.92. The van der Waals surface area contributed by atoms with Gasteiger partial charge in [0.15, 0.2) is 5.82 Å². The highest BCUT2D eigenvalue weighted by Crippen LogP contribution is 2.26. The van der Waals surface area contributed by atoms with Gasteiger partial charge in [0.2, 0.25) is 17.8 Å². The molecular formula is C21H21ClN6O2. The average molecular weight is 425 g/mol. The number of nitrogens with two attached hydrogens (primary N) is 1. The number of aryl methyl sites for hydroxylation is 1. The summed E-state index contributed by atoms with van der Waals surface area (Å²) in [5.41, 5.74) is 8.37. The maximum atomic E-state index is 12.0. The summed E-state index contributed by atoms with van der Waals surface area (Å²) in [4.78, 5) is 26.3. The fourth-order valence-electron chi connectivity index (χ4n) is 3.17. The summed E-state index contributed by atoms with van der Waals surface area (Å²) < 4.78 is 5.83. The van der Waals surface area contributed by atoms with Crippen LogP contribution in [0.3, 0.4) is 0 Å². The SMILES string of the molecule is Cc1ccc(Nc2nc(N)nc(COc3cccc(N4CCCC4=O)c3)n2)cc1Cl. The van der Waals surface area contributed by atoms with Gasteiger partial charge in [-0.15, -0.1) is 0 Å². The first-order chi connectivity index (χ1) is 14.5. The Labute approximate surface area is 179 Å². The number of carbonyl (C=O) groups excluding carboxylic acids is 1. The number of ether oxygens (including phenoxy) is 1. The second-order valence-electron chi connectivity index (χ2n) is 6.96. The van der Waals surface area contributed by atoms with Crippen molar-refractivity contribution in [2.24, 2.45) is 0 Å². The standard InChI is InChI=1S/C21H21ClN6O2/c1-13-7-8-14(10-17(13)22)24-21-26-18(25-20(23)27-21)12-30-16-5-2-4-15(11-16)28-9-3-6-19(28)29/h2,4-5,7-8,10-11H,3,6,9,12H2,1H3,(H3,23,24,25,26,27). The summed E-state index contributed by atoms with van der Waals surface area (Å²) in [6.45, 7) is 2.76. The van der Waals surface area contributed by atoms with Gasteiger partial charge in [0, 0.05) is 35.4 Å². The molecule has 0 spiro atoms. The van der Waals surface area contributed by atoms with Gasteiger partial charge in [-0.1, -0.05) is 23.7 Å². The summed E-state index contributed by atoms with van der Waals surface area (Å²) in [5.74, 6) is 1.51. The molecule has 0 atom stereocenters. The fourth-order valence-corrected chi connectivity index (χ4v) is 3.35. The topological polar surface area (TPSA) is 106 Å². The largest absolute Gasteiger partial charge is 0.486 e. The van der Waals surface area contributed by atoms with E-state index in [1.54, 1.807) is 11.0 Å². The maximum absolute atomic E-state index is 12.0. The van der Waals surface area contributed by atoms with E-state index in [4.69, 9.17) is 22.1 Å². The van der Waals surface area contributed by atoms with Crippen LogP contribution in [-0.4, -0.2) is 27.4 Å². The smallest absolute Gasteiger partial charge is 0.232 e. The van der Waals surface area contributed by atoms with Gasteiger partial charge in [0.1, 0.15) is 12.4 Å². The Kier molecular flexibility index (Phi) is 5.67. The van der Waals surface area contributed by atoms with Crippen molar-refractivity contribution >= 4 is 40.8 Å². The third kappa shape index (κ3) is 4.60. The molecule has 1 aliphatic rings. The molecule has 0 bridgehead atoms. The van der Waals surface area contributed by atoms with Gasteiger partial charge in [-0.25, -0.2) is 0 Å². The van der Waals surface area contributed by atoms with Crippen LogP contribution in [0.15, 0.2) is 42.5 Å². The average Bonchev–Trinajstić information content (AvgIpc) is 3.15. The molecule has 154 valence electrons. The van der Waals surface area contributed by atoms with E-state index in [0.29, 0.717) is 29.0 Å². The molecule has 3 N–H and O–H groups in total. The van der Waals surface area contributed by atoms with Crippen LogP contribution < -0.4 is 20.7 Å². The molecule has 1 fully saturated rings. The van der Waals surface area contributed by atoms with Crippen molar-refractivity contribution in [2.75, 3.05) is 22.5 Å². The van der Waals surface area contributed by atoms with E-state index in [2.05, 4.69) is 20.3 Å². The third-order valence-corrected chi connectivity index (χ3v) is 5.10. The monoisotopic (exact) mass is 424 g/mol. The molecule has 0 radical (unpaired) electrons. The quantitative estimate of drug-likeness (QED) is 0.618. The number of aromatic nitrogens is 3. The second kappa shape index (κ2) is 8.54. The van der Waals surface area contributed by atoms with Crippen LogP contribution in [0.2, 0.25) is 5.02 Å². The molecule has 1 saturated heterocycles. The Morgan fingerprint density at radius 2 is 2.07 bits per heavy atom. The van der Waals surface area contributed by atoms with E-state index in [0.717, 1.165) is 29.9 Å². The fraction of sp³-hybridized carbons (Fsp3) is 0.238. The Balaban J connectivity index is 1.46. The lowest BCUT2D eigenvalue weighted by molar-refractivity contribution is -0.117. The van der Waals surface area contributed by atoms with Gasteiger partial charge >= 0.3 is 0 Å². The molecule has 1 aromatic heterocycles. The summed E-state index contributed by atoms with van der Waals surface area (Å²) in [6.07, 6.45) is 1.45. The minimum Gasteiger partial charge on any atom is -0.486 e. The number of nitrogens with one attached hydrogen (secondary N) is 1. The van der Waals surface area contributed by atoms with E-state index in [9.17, 15) is 4.79 Å². The minimum atomic E-state index is 0.0840. The Morgan fingerprint density at radius 3 is 2.83 bits per heavy atom. The zero-order valence-corrected chi connectivity index (χ0v) is 17.2. The lowest BCUT2D eigenvalue weighted by atomic mass is 10.2. The van der Waals surface area contributed by atoms with E-state index in [-0.39, 0.29) is 18.5 Å². The number of halogens is 1. The molecule has 1 aliphatic heterocycles. The molecular weight excluding hydrogens is 404 g/mol. The molecule has 0 saturated carbocycles. The van der Waals surface area contributed by atoms with Gasteiger partial charge in [0.05, 0.1) is 0 Å². The van der Waals surface area contributed by atoms with Crippen LogP contribution >= 0.6 is 11.6 Å². The van der Waals surface area contributed by atoms with Crippen molar-refractivity contribution < 1.29 is 9.53 Å². The predicted molar refractivity (Wildman–Crippen MR) is 116 cm³/mol. The molecule has 30 heavy (non-hydrogen) atoms. The minimum absolute atomic E-state index is 0.0840. The molecule has 9 heteroatoms. The normalized spacial score (nSPS) is 13.5. The highest BCUT2D eigenvalue weighted by atomic mass is 35.5. The Morgan fingerprint density at radius 1 is 1.20 bits per heavy atom. The number of anilines is 4. The highest BCUT2D eigenvalue weighted by molar-refractivity contribution is 6.31. The number of nitrogen functional groups attached to an aromatic ring is 1. The Hall–Kier alpha value is -3.39. The van der Waals surface area contributed by atoms with Gasteiger partial charge in [-0.05, 0) is 43.2 Å². The van der Waals surface area contributed by atoms with Gasteiger partial charge < -0.3 is 20.7 Å². The first kappa shape index (κ1) is 19.9. The number of amides is 1. The molecule has 4 rings (SSSR count). The number of hydrogen-bond donors (Lipinski definition) is 2.